The van der Waals surface area contributed by atoms with Crippen LogP contribution in [0.25, 0.3) is 0 Å². The highest BCUT2D eigenvalue weighted by Crippen LogP contribution is 2.37. The SMILES string of the molecule is COc1ccc(C(=O)Nc2nnc(CC(=O)N/N=C/c3cc4c(cc3[N+](=O)[O-])OCO4)s2)cc1. The maximum atomic E-state index is 12.3. The Morgan fingerprint density at radius 2 is 1.97 bits per heavy atom. The molecule has 0 aliphatic carbocycles. The first-order chi connectivity index (χ1) is 16.4. The number of benzene rings is 2. The molecule has 1 aliphatic heterocycles. The van der Waals surface area contributed by atoms with Crippen molar-refractivity contribution in [2.24, 2.45) is 5.10 Å². The van der Waals surface area contributed by atoms with Crippen molar-refractivity contribution in [3.05, 3.63) is 62.6 Å². The van der Waals surface area contributed by atoms with Crippen LogP contribution in [0, 0.1) is 10.1 Å². The summed E-state index contributed by atoms with van der Waals surface area (Å²) in [5.74, 6) is 0.320. The number of ether oxygens (including phenoxy) is 3. The second-order valence-electron chi connectivity index (χ2n) is 6.67. The zero-order valence-electron chi connectivity index (χ0n) is 17.5. The van der Waals surface area contributed by atoms with E-state index in [0.717, 1.165) is 17.6 Å². The second kappa shape index (κ2) is 9.91. The van der Waals surface area contributed by atoms with Gasteiger partial charge in [-0.1, -0.05) is 11.3 Å². The van der Waals surface area contributed by atoms with Crippen LogP contribution in [0.2, 0.25) is 0 Å². The summed E-state index contributed by atoms with van der Waals surface area (Å²) in [6, 6.07) is 9.15. The lowest BCUT2D eigenvalue weighted by molar-refractivity contribution is -0.385. The molecule has 174 valence electrons. The summed E-state index contributed by atoms with van der Waals surface area (Å²) in [4.78, 5) is 35.1. The second-order valence-corrected chi connectivity index (χ2v) is 7.74. The Bertz CT molecular complexity index is 1270. The fraction of sp³-hybridized carbons (Fsp3) is 0.150. The number of carbonyl (C=O) groups excluding carboxylic acids is 2. The van der Waals surface area contributed by atoms with E-state index in [0.29, 0.717) is 22.1 Å². The van der Waals surface area contributed by atoms with Crippen molar-refractivity contribution in [1.29, 1.82) is 0 Å². The fourth-order valence-electron chi connectivity index (χ4n) is 2.85. The Morgan fingerprint density at radius 1 is 1.24 bits per heavy atom. The fourth-order valence-corrected chi connectivity index (χ4v) is 3.58. The molecule has 0 unspecified atom stereocenters. The summed E-state index contributed by atoms with van der Waals surface area (Å²) >= 11 is 1.03. The molecule has 2 aromatic carbocycles. The van der Waals surface area contributed by atoms with Crippen LogP contribution in [0.5, 0.6) is 17.2 Å². The molecular weight excluding hydrogens is 468 g/mol. The number of fused-ring (bicyclic) bond motifs is 1. The molecule has 34 heavy (non-hydrogen) atoms. The Hall–Kier alpha value is -4.59. The van der Waals surface area contributed by atoms with E-state index in [-0.39, 0.29) is 41.3 Å². The number of amides is 2. The van der Waals surface area contributed by atoms with Crippen LogP contribution in [-0.4, -0.2) is 47.1 Å². The molecule has 4 rings (SSSR count). The molecule has 13 nitrogen and oxygen atoms in total. The molecule has 2 N–H and O–H groups in total. The Balaban J connectivity index is 1.33. The van der Waals surface area contributed by atoms with Crippen molar-refractivity contribution in [1.82, 2.24) is 15.6 Å². The minimum absolute atomic E-state index is 0.0335. The van der Waals surface area contributed by atoms with Gasteiger partial charge in [0.05, 0.1) is 36.3 Å². The highest BCUT2D eigenvalue weighted by Gasteiger charge is 2.22. The number of anilines is 1. The number of nitrogens with one attached hydrogen (secondary N) is 2. The summed E-state index contributed by atoms with van der Waals surface area (Å²) in [5, 5.41) is 25.9. The highest BCUT2D eigenvalue weighted by atomic mass is 32.1. The standard InChI is InChI=1S/C20H16N6O7S/c1-31-13-4-2-11(3-5-13)19(28)22-20-25-24-18(34-20)8-17(27)23-21-9-12-6-15-16(33-10-32-15)7-14(12)26(29)30/h2-7,9H,8,10H2,1H3,(H,23,27)(H,22,25,28)/b21-9+. The first kappa shape index (κ1) is 22.6. The zero-order valence-corrected chi connectivity index (χ0v) is 18.3. The van der Waals surface area contributed by atoms with Gasteiger partial charge < -0.3 is 14.2 Å². The summed E-state index contributed by atoms with van der Waals surface area (Å²) in [6.45, 7) is -0.0335. The normalized spacial score (nSPS) is 11.9. The zero-order chi connectivity index (χ0) is 24.1. The molecule has 0 atom stereocenters. The summed E-state index contributed by atoms with van der Waals surface area (Å²) in [7, 11) is 1.53. The van der Waals surface area contributed by atoms with Gasteiger partial charge in [0.15, 0.2) is 11.5 Å². The molecule has 1 aliphatic rings. The van der Waals surface area contributed by atoms with Crippen LogP contribution in [0.4, 0.5) is 10.8 Å². The van der Waals surface area contributed by atoms with Gasteiger partial charge in [-0.15, -0.1) is 10.2 Å². The molecular formula is C20H16N6O7S. The number of hydrazone groups is 1. The third-order valence-corrected chi connectivity index (χ3v) is 5.30. The van der Waals surface area contributed by atoms with Crippen molar-refractivity contribution in [2.75, 3.05) is 19.2 Å². The van der Waals surface area contributed by atoms with E-state index < -0.39 is 10.8 Å². The molecule has 0 fully saturated rings. The van der Waals surface area contributed by atoms with Crippen LogP contribution >= 0.6 is 11.3 Å². The van der Waals surface area contributed by atoms with Crippen molar-refractivity contribution in [3.8, 4) is 17.2 Å². The molecule has 0 bridgehead atoms. The maximum Gasteiger partial charge on any atom is 0.282 e. The van der Waals surface area contributed by atoms with Gasteiger partial charge in [0.2, 0.25) is 17.8 Å². The molecule has 2 heterocycles. The Labute approximate surface area is 195 Å². The number of carbonyl (C=O) groups is 2. The number of methoxy groups -OCH3 is 1. The van der Waals surface area contributed by atoms with Crippen molar-refractivity contribution in [3.63, 3.8) is 0 Å². The van der Waals surface area contributed by atoms with Gasteiger partial charge in [0.25, 0.3) is 11.6 Å². The number of nitro benzene ring substituents is 1. The molecule has 0 spiro atoms. The first-order valence-electron chi connectivity index (χ1n) is 9.60. The Kier molecular flexibility index (Phi) is 6.59. The van der Waals surface area contributed by atoms with E-state index in [2.05, 4.69) is 26.0 Å². The number of hydrogen-bond donors (Lipinski definition) is 2. The lowest BCUT2D eigenvalue weighted by Crippen LogP contribution is -2.19. The number of nitro groups is 1. The Morgan fingerprint density at radius 3 is 2.68 bits per heavy atom. The van der Waals surface area contributed by atoms with Gasteiger partial charge in [-0.2, -0.15) is 5.10 Å². The van der Waals surface area contributed by atoms with E-state index in [1.807, 2.05) is 0 Å². The lowest BCUT2D eigenvalue weighted by atomic mass is 10.1. The van der Waals surface area contributed by atoms with Gasteiger partial charge in [0, 0.05) is 5.56 Å². The van der Waals surface area contributed by atoms with Crippen molar-refractivity contribution < 1.29 is 28.7 Å². The van der Waals surface area contributed by atoms with E-state index in [9.17, 15) is 19.7 Å². The molecule has 0 saturated heterocycles. The van der Waals surface area contributed by atoms with Crippen molar-refractivity contribution in [2.45, 2.75) is 6.42 Å². The van der Waals surface area contributed by atoms with E-state index in [1.165, 1.54) is 19.2 Å². The predicted octanol–water partition coefficient (Wildman–Crippen LogP) is 2.13. The number of rotatable bonds is 8. The van der Waals surface area contributed by atoms with E-state index in [1.54, 1.807) is 24.3 Å². The quantitative estimate of drug-likeness (QED) is 0.276. The van der Waals surface area contributed by atoms with E-state index in [4.69, 9.17) is 14.2 Å². The maximum absolute atomic E-state index is 12.3. The van der Waals surface area contributed by atoms with E-state index >= 15 is 0 Å². The summed E-state index contributed by atoms with van der Waals surface area (Å²) in [5.41, 5.74) is 2.57. The third-order valence-electron chi connectivity index (χ3n) is 4.46. The highest BCUT2D eigenvalue weighted by molar-refractivity contribution is 7.15. The predicted molar refractivity (Wildman–Crippen MR) is 120 cm³/mol. The average molecular weight is 484 g/mol. The number of hydrogen-bond acceptors (Lipinski definition) is 11. The third kappa shape index (κ3) is 5.24. The van der Waals surface area contributed by atoms with Crippen LogP contribution in [-0.2, 0) is 11.2 Å². The molecule has 0 saturated carbocycles. The molecule has 14 heteroatoms. The monoisotopic (exact) mass is 484 g/mol. The van der Waals surface area contributed by atoms with Gasteiger partial charge in [-0.3, -0.25) is 25.0 Å². The smallest absolute Gasteiger partial charge is 0.282 e. The van der Waals surface area contributed by atoms with Gasteiger partial charge in [-0.05, 0) is 30.3 Å². The van der Waals surface area contributed by atoms with Gasteiger partial charge in [-0.25, -0.2) is 5.43 Å². The lowest BCUT2D eigenvalue weighted by Gasteiger charge is -2.02. The van der Waals surface area contributed by atoms with Crippen molar-refractivity contribution >= 4 is 40.2 Å². The molecule has 1 aromatic heterocycles. The minimum Gasteiger partial charge on any atom is -0.497 e. The van der Waals surface area contributed by atoms with Crippen LogP contribution in [0.1, 0.15) is 20.9 Å². The summed E-state index contributed by atoms with van der Waals surface area (Å²) < 4.78 is 15.4. The first-order valence-corrected chi connectivity index (χ1v) is 10.4. The molecule has 0 radical (unpaired) electrons. The molecule has 2 amide bonds. The van der Waals surface area contributed by atoms with Gasteiger partial charge >= 0.3 is 0 Å². The number of aromatic nitrogens is 2. The van der Waals surface area contributed by atoms with Crippen LogP contribution in [0.3, 0.4) is 0 Å². The number of nitrogens with zero attached hydrogens (tertiary/aromatic N) is 4. The van der Waals surface area contributed by atoms with Crippen LogP contribution < -0.4 is 25.0 Å². The van der Waals surface area contributed by atoms with Gasteiger partial charge in [0.1, 0.15) is 10.8 Å². The minimum atomic E-state index is -0.589. The summed E-state index contributed by atoms with van der Waals surface area (Å²) in [6.07, 6.45) is 0.981. The largest absolute Gasteiger partial charge is 0.497 e. The van der Waals surface area contributed by atoms with Crippen LogP contribution in [0.15, 0.2) is 41.5 Å². The topological polar surface area (TPSA) is 167 Å². The molecule has 3 aromatic rings. The average Bonchev–Trinajstić information content (AvgIpc) is 3.47.